The smallest absolute Gasteiger partial charge is 0.267 e. The van der Waals surface area contributed by atoms with Gasteiger partial charge >= 0.3 is 0 Å². The van der Waals surface area contributed by atoms with Gasteiger partial charge in [0.25, 0.3) is 5.91 Å². The van der Waals surface area contributed by atoms with Gasteiger partial charge in [-0.05, 0) is 31.4 Å². The Bertz CT molecular complexity index is 454. The molecule has 1 aliphatic rings. The monoisotopic (exact) mass is 310 g/mol. The lowest BCUT2D eigenvalue weighted by molar-refractivity contribution is -0.112. The molecule has 6 heteroatoms. The van der Waals surface area contributed by atoms with Gasteiger partial charge in [-0.2, -0.15) is 0 Å². The van der Waals surface area contributed by atoms with Crippen LogP contribution in [0.3, 0.4) is 0 Å². The van der Waals surface area contributed by atoms with Crippen LogP contribution < -0.4 is 5.73 Å². The number of rotatable bonds is 7. The number of carbonyl (C=O) groups is 1. The molecule has 1 aromatic carbocycles. The lowest BCUT2D eigenvalue weighted by Gasteiger charge is -2.02. The molecule has 0 spiro atoms. The first kappa shape index (κ1) is 17.7. The van der Waals surface area contributed by atoms with Crippen LogP contribution in [0.2, 0.25) is 0 Å². The second-order valence-electron chi connectivity index (χ2n) is 4.65. The van der Waals surface area contributed by atoms with Crippen molar-refractivity contribution in [2.75, 3.05) is 20.3 Å². The first-order chi connectivity index (χ1) is 10.1. The fraction of sp³-hybridized carbons (Fsp3) is 0.467. The Morgan fingerprint density at radius 1 is 1.43 bits per heavy atom. The summed E-state index contributed by atoms with van der Waals surface area (Å²) in [6, 6.07) is 7.43. The van der Waals surface area contributed by atoms with E-state index in [-0.39, 0.29) is 12.3 Å². The number of aliphatic hydroxyl groups is 1. The number of ether oxygens (including phenoxy) is 1. The van der Waals surface area contributed by atoms with Crippen LogP contribution in [0.15, 0.2) is 29.2 Å². The Labute approximate surface area is 129 Å². The average molecular weight is 310 g/mol. The highest BCUT2D eigenvalue weighted by Gasteiger charge is 2.22. The van der Waals surface area contributed by atoms with Gasteiger partial charge < -0.3 is 15.6 Å². The van der Waals surface area contributed by atoms with Crippen LogP contribution in [-0.2, 0) is 9.53 Å². The fourth-order valence-corrected chi connectivity index (χ4v) is 2.48. The third kappa shape index (κ3) is 7.27. The first-order valence-corrected chi connectivity index (χ1v) is 7.71. The van der Waals surface area contributed by atoms with E-state index in [0.29, 0.717) is 12.2 Å². The summed E-state index contributed by atoms with van der Waals surface area (Å²) in [7, 11) is 1.62. The summed E-state index contributed by atoms with van der Waals surface area (Å²) in [6.07, 6.45) is 3.34. The van der Waals surface area contributed by atoms with E-state index in [1.807, 2.05) is 23.9 Å². The number of aliphatic hydroxyl groups excluding tert-OH is 1. The van der Waals surface area contributed by atoms with Crippen LogP contribution in [0.5, 0.6) is 0 Å². The summed E-state index contributed by atoms with van der Waals surface area (Å²) < 4.78 is 4.62. The normalized spacial score (nSPS) is 13.2. The van der Waals surface area contributed by atoms with Crippen LogP contribution in [0, 0.1) is 5.41 Å². The largest absolute Gasteiger partial charge is 0.396 e. The maximum Gasteiger partial charge on any atom is 0.267 e. The summed E-state index contributed by atoms with van der Waals surface area (Å²) in [4.78, 5) is 12.0. The van der Waals surface area contributed by atoms with Crippen molar-refractivity contribution in [3.05, 3.63) is 29.8 Å². The molecule has 0 aromatic heterocycles. The van der Waals surface area contributed by atoms with E-state index in [1.165, 1.54) is 17.7 Å². The lowest BCUT2D eigenvalue weighted by atomic mass is 10.1. The van der Waals surface area contributed by atoms with Crippen molar-refractivity contribution in [1.29, 1.82) is 5.41 Å². The molecule has 0 unspecified atom stereocenters. The number of hydrogen-bond donors (Lipinski definition) is 3. The Morgan fingerprint density at radius 3 is 2.43 bits per heavy atom. The Balaban J connectivity index is 0.000000315. The number of hydrogen-bond acceptors (Lipinski definition) is 5. The van der Waals surface area contributed by atoms with Crippen molar-refractivity contribution in [1.82, 2.24) is 0 Å². The average Bonchev–Trinajstić information content (AvgIpc) is 3.29. The molecule has 1 amide bonds. The van der Waals surface area contributed by atoms with Crippen molar-refractivity contribution in [3.8, 4) is 0 Å². The minimum Gasteiger partial charge on any atom is -0.396 e. The molecule has 4 N–H and O–H groups in total. The zero-order valence-corrected chi connectivity index (χ0v) is 13.0. The van der Waals surface area contributed by atoms with Crippen molar-refractivity contribution in [2.24, 2.45) is 5.73 Å². The molecule has 1 aliphatic carbocycles. The highest BCUT2D eigenvalue weighted by molar-refractivity contribution is 8.00. The summed E-state index contributed by atoms with van der Waals surface area (Å²) in [5.41, 5.74) is 5.49. The van der Waals surface area contributed by atoms with Gasteiger partial charge in [0.1, 0.15) is 5.71 Å². The van der Waals surface area contributed by atoms with Crippen LogP contribution in [0.1, 0.15) is 24.8 Å². The van der Waals surface area contributed by atoms with Gasteiger partial charge in [-0.15, -0.1) is 11.8 Å². The minimum atomic E-state index is -0.683. The van der Waals surface area contributed by atoms with Crippen molar-refractivity contribution >= 4 is 23.4 Å². The fourth-order valence-electron chi connectivity index (χ4n) is 1.43. The zero-order chi connectivity index (χ0) is 15.7. The first-order valence-electron chi connectivity index (χ1n) is 6.83. The van der Waals surface area contributed by atoms with Crippen molar-refractivity contribution in [3.63, 3.8) is 0 Å². The number of carbonyl (C=O) groups excluding carboxylic acids is 1. The van der Waals surface area contributed by atoms with E-state index in [2.05, 4.69) is 4.74 Å². The molecule has 0 bridgehead atoms. The molecule has 2 rings (SSSR count). The van der Waals surface area contributed by atoms with Crippen LogP contribution in [0.4, 0.5) is 0 Å². The third-order valence-electron chi connectivity index (χ3n) is 2.72. The number of benzene rings is 1. The third-order valence-corrected chi connectivity index (χ3v) is 4.07. The molecule has 0 saturated heterocycles. The summed E-state index contributed by atoms with van der Waals surface area (Å²) in [5, 5.41) is 16.3. The van der Waals surface area contributed by atoms with Gasteiger partial charge in [-0.1, -0.05) is 12.1 Å². The van der Waals surface area contributed by atoms with Crippen molar-refractivity contribution in [2.45, 2.75) is 29.4 Å². The molecule has 1 aromatic rings. The van der Waals surface area contributed by atoms with Gasteiger partial charge in [-0.25, -0.2) is 0 Å². The molecule has 116 valence electrons. The highest BCUT2D eigenvalue weighted by Crippen LogP contribution is 2.38. The Morgan fingerprint density at radius 2 is 2.05 bits per heavy atom. The molecule has 0 heterocycles. The molecule has 5 nitrogen and oxygen atoms in total. The highest BCUT2D eigenvalue weighted by atomic mass is 32.2. The predicted octanol–water partition coefficient (Wildman–Crippen LogP) is 1.81. The van der Waals surface area contributed by atoms with E-state index in [1.54, 1.807) is 19.2 Å². The van der Waals surface area contributed by atoms with Crippen LogP contribution in [0.25, 0.3) is 0 Å². The molecule has 0 radical (unpaired) electrons. The topological polar surface area (TPSA) is 96.4 Å². The predicted molar refractivity (Wildman–Crippen MR) is 84.9 cm³/mol. The number of nitrogens with one attached hydrogen (secondary N) is 1. The molecule has 21 heavy (non-hydrogen) atoms. The number of amides is 1. The SMILES string of the molecule is COCCCO.N=C(C(N)=O)c1ccc(SC2CC2)cc1. The van der Waals surface area contributed by atoms with E-state index >= 15 is 0 Å². The molecule has 1 saturated carbocycles. The summed E-state index contributed by atoms with van der Waals surface area (Å²) in [5.74, 6) is -0.683. The molecule has 0 atom stereocenters. The van der Waals surface area contributed by atoms with Gasteiger partial charge in [0.2, 0.25) is 0 Å². The molecular formula is C15H22N2O3S. The maximum absolute atomic E-state index is 10.8. The van der Waals surface area contributed by atoms with Crippen molar-refractivity contribution < 1.29 is 14.6 Å². The molecule has 0 aliphatic heterocycles. The van der Waals surface area contributed by atoms with Crippen LogP contribution in [-0.4, -0.2) is 42.3 Å². The van der Waals surface area contributed by atoms with E-state index in [0.717, 1.165) is 11.7 Å². The maximum atomic E-state index is 10.8. The minimum absolute atomic E-state index is 0.127. The Kier molecular flexibility index (Phi) is 8.04. The van der Waals surface area contributed by atoms with Gasteiger partial charge in [0.15, 0.2) is 0 Å². The second-order valence-corrected chi connectivity index (χ2v) is 6.02. The Hall–Kier alpha value is -1.37. The molecule has 1 fully saturated rings. The lowest BCUT2D eigenvalue weighted by Crippen LogP contribution is -2.22. The second kappa shape index (κ2) is 9.55. The van der Waals surface area contributed by atoms with Crippen LogP contribution >= 0.6 is 11.8 Å². The van der Waals surface area contributed by atoms with Gasteiger partial charge in [0, 0.05) is 36.0 Å². The number of methoxy groups -OCH3 is 1. The number of primary amides is 1. The van der Waals surface area contributed by atoms with Gasteiger partial charge in [0.05, 0.1) is 0 Å². The summed E-state index contributed by atoms with van der Waals surface area (Å²) in [6.45, 7) is 0.893. The van der Waals surface area contributed by atoms with E-state index in [4.69, 9.17) is 16.2 Å². The van der Waals surface area contributed by atoms with Gasteiger partial charge in [-0.3, -0.25) is 10.2 Å². The van der Waals surface area contributed by atoms with E-state index in [9.17, 15) is 4.79 Å². The quantitative estimate of drug-likeness (QED) is 0.528. The summed E-state index contributed by atoms with van der Waals surface area (Å²) >= 11 is 1.85. The number of thioether (sulfide) groups is 1. The molecular weight excluding hydrogens is 288 g/mol. The zero-order valence-electron chi connectivity index (χ0n) is 12.2. The number of nitrogens with two attached hydrogens (primary N) is 1. The standard InChI is InChI=1S/C11H12N2OS.C4H10O2/c12-10(11(13)14)7-1-3-8(4-2-7)15-9-5-6-9;1-6-4-2-3-5/h1-4,9,12H,5-6H2,(H2,13,14);5H,2-4H2,1H3. The van der Waals surface area contributed by atoms with E-state index < -0.39 is 5.91 Å².